The quantitative estimate of drug-likeness (QED) is 0.720. The lowest BCUT2D eigenvalue weighted by Gasteiger charge is -2.17. The maximum absolute atomic E-state index is 12.2. The molecule has 0 aliphatic carbocycles. The molecule has 1 aromatic carbocycles. The van der Waals surface area contributed by atoms with E-state index in [0.29, 0.717) is 15.9 Å². The van der Waals surface area contributed by atoms with E-state index >= 15 is 0 Å². The van der Waals surface area contributed by atoms with Crippen molar-refractivity contribution >= 4 is 50.3 Å². The van der Waals surface area contributed by atoms with Gasteiger partial charge in [0.05, 0.1) is 10.5 Å². The molecule has 106 valence electrons. The predicted molar refractivity (Wildman–Crippen MR) is 84.3 cm³/mol. The molecular formula is C11H14INO4S2. The Balaban J connectivity index is 3.15. The summed E-state index contributed by atoms with van der Waals surface area (Å²) in [5, 5.41) is 9.02. The standard InChI is InChI=1S/C11H14INO4S2/c1-13(5-6-18-2)19(16,17)8-3-4-10(12)9(7-8)11(14)15/h3-4,7H,5-6H2,1-2H3,(H,14,15). The zero-order chi connectivity index (χ0) is 14.6. The maximum atomic E-state index is 12.2. The van der Waals surface area contributed by atoms with Crippen molar-refractivity contribution in [3.05, 3.63) is 27.3 Å². The average Bonchev–Trinajstić information content (AvgIpc) is 2.35. The first-order valence-electron chi connectivity index (χ1n) is 5.29. The van der Waals surface area contributed by atoms with Gasteiger partial charge in [0.2, 0.25) is 10.0 Å². The summed E-state index contributed by atoms with van der Waals surface area (Å²) < 4.78 is 26.2. The number of rotatable bonds is 6. The molecule has 0 saturated carbocycles. The van der Waals surface area contributed by atoms with Gasteiger partial charge >= 0.3 is 5.97 Å². The van der Waals surface area contributed by atoms with Gasteiger partial charge in [0.1, 0.15) is 0 Å². The van der Waals surface area contributed by atoms with Crippen LogP contribution in [0.4, 0.5) is 0 Å². The number of aromatic carboxylic acids is 1. The van der Waals surface area contributed by atoms with E-state index in [9.17, 15) is 13.2 Å². The van der Waals surface area contributed by atoms with Crippen LogP contribution < -0.4 is 0 Å². The SMILES string of the molecule is CSCCN(C)S(=O)(=O)c1ccc(I)c(C(=O)O)c1. The Morgan fingerprint density at radius 3 is 2.63 bits per heavy atom. The van der Waals surface area contributed by atoms with Gasteiger partial charge in [-0.25, -0.2) is 17.5 Å². The van der Waals surface area contributed by atoms with Crippen molar-refractivity contribution in [3.8, 4) is 0 Å². The lowest BCUT2D eigenvalue weighted by molar-refractivity contribution is 0.0695. The van der Waals surface area contributed by atoms with Crippen LogP contribution in [0.2, 0.25) is 0 Å². The highest BCUT2D eigenvalue weighted by atomic mass is 127. The van der Waals surface area contributed by atoms with E-state index in [1.807, 2.05) is 28.8 Å². The monoisotopic (exact) mass is 415 g/mol. The third-order valence-corrected chi connectivity index (χ3v) is 5.87. The van der Waals surface area contributed by atoms with Gasteiger partial charge in [-0.3, -0.25) is 0 Å². The summed E-state index contributed by atoms with van der Waals surface area (Å²) in [4.78, 5) is 11.0. The molecule has 0 fully saturated rings. The Morgan fingerprint density at radius 2 is 2.11 bits per heavy atom. The molecule has 0 spiro atoms. The fraction of sp³-hybridized carbons (Fsp3) is 0.364. The van der Waals surface area contributed by atoms with E-state index in [-0.39, 0.29) is 10.5 Å². The molecule has 0 aliphatic rings. The summed E-state index contributed by atoms with van der Waals surface area (Å²) >= 11 is 3.42. The summed E-state index contributed by atoms with van der Waals surface area (Å²) in [5.74, 6) is -0.445. The summed E-state index contributed by atoms with van der Waals surface area (Å²) in [6, 6.07) is 4.13. The molecule has 0 saturated heterocycles. The molecule has 0 amide bonds. The third kappa shape index (κ3) is 4.07. The van der Waals surface area contributed by atoms with Crippen LogP contribution >= 0.6 is 34.4 Å². The largest absolute Gasteiger partial charge is 0.478 e. The summed E-state index contributed by atoms with van der Waals surface area (Å²) in [6.07, 6.45) is 1.90. The molecule has 0 atom stereocenters. The normalized spacial score (nSPS) is 11.8. The fourth-order valence-electron chi connectivity index (χ4n) is 1.35. The van der Waals surface area contributed by atoms with Gasteiger partial charge < -0.3 is 5.11 Å². The first kappa shape index (κ1) is 16.7. The number of halogens is 1. The molecule has 0 radical (unpaired) electrons. The summed E-state index contributed by atoms with van der Waals surface area (Å²) in [6.45, 7) is 0.387. The van der Waals surface area contributed by atoms with Crippen molar-refractivity contribution in [2.75, 3.05) is 25.6 Å². The predicted octanol–water partition coefficient (Wildman–Crippen LogP) is 1.97. The first-order valence-corrected chi connectivity index (χ1v) is 9.20. The average molecular weight is 415 g/mol. The molecule has 8 heteroatoms. The Hall–Kier alpha value is -0.320. The van der Waals surface area contributed by atoms with E-state index in [0.717, 1.165) is 0 Å². The van der Waals surface area contributed by atoms with Crippen molar-refractivity contribution in [1.82, 2.24) is 4.31 Å². The summed E-state index contributed by atoms with van der Waals surface area (Å²) in [7, 11) is -2.14. The number of hydrogen-bond donors (Lipinski definition) is 1. The fourth-order valence-corrected chi connectivity index (χ4v) is 3.69. The van der Waals surface area contributed by atoms with E-state index in [1.165, 1.54) is 29.6 Å². The number of nitrogens with zero attached hydrogens (tertiary/aromatic N) is 1. The molecule has 19 heavy (non-hydrogen) atoms. The van der Waals surface area contributed by atoms with Crippen molar-refractivity contribution in [2.45, 2.75) is 4.90 Å². The number of carbonyl (C=O) groups is 1. The molecule has 0 heterocycles. The van der Waals surface area contributed by atoms with Crippen LogP contribution in [0.3, 0.4) is 0 Å². The van der Waals surface area contributed by atoms with Gasteiger partial charge in [0.25, 0.3) is 0 Å². The van der Waals surface area contributed by atoms with Gasteiger partial charge in [0.15, 0.2) is 0 Å². The second-order valence-electron chi connectivity index (χ2n) is 3.77. The van der Waals surface area contributed by atoms with Crippen molar-refractivity contribution in [1.29, 1.82) is 0 Å². The van der Waals surface area contributed by atoms with E-state index in [4.69, 9.17) is 5.11 Å². The molecule has 0 bridgehead atoms. The van der Waals surface area contributed by atoms with Crippen LogP contribution in [0.15, 0.2) is 23.1 Å². The Kier molecular flexibility index (Phi) is 6.09. The van der Waals surface area contributed by atoms with Crippen LogP contribution in [0.5, 0.6) is 0 Å². The zero-order valence-corrected chi connectivity index (χ0v) is 14.3. The molecule has 0 aromatic heterocycles. The van der Waals surface area contributed by atoms with Crippen LogP contribution in [-0.2, 0) is 10.0 Å². The zero-order valence-electron chi connectivity index (χ0n) is 10.5. The number of carboxylic acids is 1. The lowest BCUT2D eigenvalue weighted by atomic mass is 10.2. The van der Waals surface area contributed by atoms with Crippen molar-refractivity contribution in [2.24, 2.45) is 0 Å². The second-order valence-corrected chi connectivity index (χ2v) is 7.96. The third-order valence-electron chi connectivity index (χ3n) is 2.49. The summed E-state index contributed by atoms with van der Waals surface area (Å²) in [5.41, 5.74) is -0.0000541. The van der Waals surface area contributed by atoms with Crippen LogP contribution in [0.25, 0.3) is 0 Å². The highest BCUT2D eigenvalue weighted by Gasteiger charge is 2.22. The molecule has 1 rings (SSSR count). The number of benzene rings is 1. The topological polar surface area (TPSA) is 74.7 Å². The van der Waals surface area contributed by atoms with Gasteiger partial charge in [-0.05, 0) is 47.0 Å². The van der Waals surface area contributed by atoms with Gasteiger partial charge in [0, 0.05) is 22.9 Å². The number of carboxylic acid groups (broad SMARTS) is 1. The Labute approximate surface area is 130 Å². The maximum Gasteiger partial charge on any atom is 0.336 e. The van der Waals surface area contributed by atoms with Crippen molar-refractivity contribution in [3.63, 3.8) is 0 Å². The van der Waals surface area contributed by atoms with E-state index < -0.39 is 16.0 Å². The van der Waals surface area contributed by atoms with Gasteiger partial charge in [-0.15, -0.1) is 0 Å². The minimum atomic E-state index is -3.63. The molecule has 1 aromatic rings. The first-order chi connectivity index (χ1) is 8.80. The highest BCUT2D eigenvalue weighted by molar-refractivity contribution is 14.1. The van der Waals surface area contributed by atoms with Gasteiger partial charge in [-0.2, -0.15) is 11.8 Å². The second kappa shape index (κ2) is 6.91. The van der Waals surface area contributed by atoms with Crippen LogP contribution in [-0.4, -0.2) is 49.4 Å². The highest BCUT2D eigenvalue weighted by Crippen LogP contribution is 2.20. The number of sulfonamides is 1. The Bertz CT molecular complexity index is 574. The molecule has 0 unspecified atom stereocenters. The van der Waals surface area contributed by atoms with Crippen LogP contribution in [0.1, 0.15) is 10.4 Å². The van der Waals surface area contributed by atoms with Gasteiger partial charge in [-0.1, -0.05) is 0 Å². The Morgan fingerprint density at radius 1 is 1.47 bits per heavy atom. The minimum absolute atomic E-state index is 0.0000541. The number of thioether (sulfide) groups is 1. The van der Waals surface area contributed by atoms with Crippen molar-refractivity contribution < 1.29 is 18.3 Å². The molecule has 1 N–H and O–H groups in total. The molecular weight excluding hydrogens is 401 g/mol. The van der Waals surface area contributed by atoms with E-state index in [2.05, 4.69) is 0 Å². The number of hydrogen-bond acceptors (Lipinski definition) is 4. The van der Waals surface area contributed by atoms with E-state index in [1.54, 1.807) is 11.8 Å². The minimum Gasteiger partial charge on any atom is -0.478 e. The smallest absolute Gasteiger partial charge is 0.336 e. The lowest BCUT2D eigenvalue weighted by Crippen LogP contribution is -2.29. The van der Waals surface area contributed by atoms with Crippen LogP contribution in [0, 0.1) is 3.57 Å². The molecule has 0 aliphatic heterocycles. The molecule has 5 nitrogen and oxygen atoms in total.